The third kappa shape index (κ3) is 2.36. The Balaban J connectivity index is 2.90. The maximum absolute atomic E-state index is 9.70. The fourth-order valence-corrected chi connectivity index (χ4v) is 1.40. The minimum Gasteiger partial charge on any atom is -0.496 e. The van der Waals surface area contributed by atoms with Gasteiger partial charge in [-0.1, -0.05) is 12.1 Å². The highest BCUT2D eigenvalue weighted by Crippen LogP contribution is 2.24. The Bertz CT molecular complexity index is 318. The fourth-order valence-electron chi connectivity index (χ4n) is 1.40. The molecule has 0 bridgehead atoms. The van der Waals surface area contributed by atoms with Gasteiger partial charge in [0.25, 0.3) is 0 Å². The van der Waals surface area contributed by atoms with E-state index >= 15 is 0 Å². The van der Waals surface area contributed by atoms with Crippen LogP contribution in [-0.4, -0.2) is 12.2 Å². The second-order valence-corrected chi connectivity index (χ2v) is 3.27. The Morgan fingerprint density at radius 2 is 2.29 bits per heavy atom. The van der Waals surface area contributed by atoms with Crippen LogP contribution in [0.5, 0.6) is 5.75 Å². The zero-order chi connectivity index (χ0) is 10.6. The van der Waals surface area contributed by atoms with E-state index in [1.165, 1.54) is 0 Å². The number of methoxy groups -OCH3 is 1. The normalized spacial score (nSPS) is 12.2. The van der Waals surface area contributed by atoms with Crippen LogP contribution in [0.25, 0.3) is 0 Å². The Kier molecular flexibility index (Phi) is 3.72. The quantitative estimate of drug-likeness (QED) is 0.743. The van der Waals surface area contributed by atoms with Crippen LogP contribution >= 0.6 is 0 Å². The second-order valence-electron chi connectivity index (χ2n) is 3.27. The van der Waals surface area contributed by atoms with Crippen LogP contribution in [0, 0.1) is 6.92 Å². The molecule has 0 aliphatic rings. The molecule has 76 valence electrons. The molecule has 1 aromatic carbocycles. The number of rotatable bonds is 4. The summed E-state index contributed by atoms with van der Waals surface area (Å²) < 4.78 is 5.14. The van der Waals surface area contributed by atoms with Gasteiger partial charge < -0.3 is 9.84 Å². The van der Waals surface area contributed by atoms with E-state index in [0.29, 0.717) is 6.42 Å². The molecule has 0 saturated heterocycles. The molecule has 0 fully saturated rings. The second kappa shape index (κ2) is 4.82. The minimum atomic E-state index is -0.461. The molecule has 2 heteroatoms. The molecule has 0 unspecified atom stereocenters. The van der Waals surface area contributed by atoms with E-state index in [4.69, 9.17) is 4.74 Å². The van der Waals surface area contributed by atoms with Gasteiger partial charge in [-0.3, -0.25) is 0 Å². The van der Waals surface area contributed by atoms with E-state index in [1.807, 2.05) is 25.1 Å². The van der Waals surface area contributed by atoms with Gasteiger partial charge in [0.2, 0.25) is 0 Å². The van der Waals surface area contributed by atoms with Gasteiger partial charge in [0.05, 0.1) is 13.2 Å². The molecule has 14 heavy (non-hydrogen) atoms. The van der Waals surface area contributed by atoms with Crippen LogP contribution in [0.4, 0.5) is 0 Å². The minimum absolute atomic E-state index is 0.461. The number of aryl methyl sites for hydroxylation is 1. The third-order valence-electron chi connectivity index (χ3n) is 2.19. The molecule has 0 amide bonds. The number of ether oxygens (including phenoxy) is 1. The first kappa shape index (κ1) is 10.8. The molecule has 1 N–H and O–H groups in total. The van der Waals surface area contributed by atoms with Gasteiger partial charge in [0, 0.05) is 0 Å². The van der Waals surface area contributed by atoms with Gasteiger partial charge >= 0.3 is 0 Å². The standard InChI is InChI=1S/C12H16O2/c1-4-5-11(13)10-6-7-12(14-3)9(2)8-10/h4,6-8,11,13H,1,5H2,2-3H3/t11-/m0/s1. The lowest BCUT2D eigenvalue weighted by atomic mass is 10.0. The fraction of sp³-hybridized carbons (Fsp3) is 0.333. The lowest BCUT2D eigenvalue weighted by Gasteiger charge is -2.11. The number of aliphatic hydroxyl groups excluding tert-OH is 1. The predicted molar refractivity (Wildman–Crippen MR) is 57.5 cm³/mol. The number of aliphatic hydroxyl groups is 1. The van der Waals surface area contributed by atoms with Crippen molar-refractivity contribution in [2.24, 2.45) is 0 Å². The molecular weight excluding hydrogens is 176 g/mol. The molecule has 1 rings (SSSR count). The van der Waals surface area contributed by atoms with Crippen LogP contribution < -0.4 is 4.74 Å². The highest BCUT2D eigenvalue weighted by molar-refractivity contribution is 5.37. The van der Waals surface area contributed by atoms with E-state index in [-0.39, 0.29) is 0 Å². The van der Waals surface area contributed by atoms with E-state index in [1.54, 1.807) is 13.2 Å². The van der Waals surface area contributed by atoms with Crippen molar-refractivity contribution in [1.82, 2.24) is 0 Å². The van der Waals surface area contributed by atoms with Gasteiger partial charge in [-0.15, -0.1) is 6.58 Å². The van der Waals surface area contributed by atoms with Crippen LogP contribution in [0.2, 0.25) is 0 Å². The Morgan fingerprint density at radius 1 is 1.57 bits per heavy atom. The van der Waals surface area contributed by atoms with Crippen molar-refractivity contribution in [2.75, 3.05) is 7.11 Å². The van der Waals surface area contributed by atoms with Crippen LogP contribution in [-0.2, 0) is 0 Å². The van der Waals surface area contributed by atoms with Gasteiger partial charge in [-0.05, 0) is 36.6 Å². The molecule has 0 aliphatic carbocycles. The Morgan fingerprint density at radius 3 is 2.79 bits per heavy atom. The molecule has 0 saturated carbocycles. The molecule has 0 radical (unpaired) electrons. The highest BCUT2D eigenvalue weighted by atomic mass is 16.5. The molecular formula is C12H16O2. The lowest BCUT2D eigenvalue weighted by molar-refractivity contribution is 0.181. The molecule has 1 aromatic rings. The number of benzene rings is 1. The van der Waals surface area contributed by atoms with Gasteiger partial charge in [-0.2, -0.15) is 0 Å². The largest absolute Gasteiger partial charge is 0.496 e. The first-order valence-corrected chi connectivity index (χ1v) is 4.62. The van der Waals surface area contributed by atoms with Crippen molar-refractivity contribution in [3.05, 3.63) is 42.0 Å². The van der Waals surface area contributed by atoms with Crippen molar-refractivity contribution in [3.8, 4) is 5.75 Å². The summed E-state index contributed by atoms with van der Waals surface area (Å²) in [6.45, 7) is 5.56. The third-order valence-corrected chi connectivity index (χ3v) is 2.19. The van der Waals surface area contributed by atoms with E-state index in [9.17, 15) is 5.11 Å². The zero-order valence-corrected chi connectivity index (χ0v) is 8.66. The maximum Gasteiger partial charge on any atom is 0.121 e. The molecule has 0 aliphatic heterocycles. The van der Waals surface area contributed by atoms with Gasteiger partial charge in [0.15, 0.2) is 0 Å². The van der Waals surface area contributed by atoms with Crippen molar-refractivity contribution in [3.63, 3.8) is 0 Å². The lowest BCUT2D eigenvalue weighted by Crippen LogP contribution is -1.97. The summed E-state index contributed by atoms with van der Waals surface area (Å²) >= 11 is 0. The molecule has 0 aromatic heterocycles. The summed E-state index contributed by atoms with van der Waals surface area (Å²) in [5, 5.41) is 9.70. The number of hydrogen-bond donors (Lipinski definition) is 1. The smallest absolute Gasteiger partial charge is 0.121 e. The summed E-state index contributed by atoms with van der Waals surface area (Å²) in [4.78, 5) is 0. The average Bonchev–Trinajstić information content (AvgIpc) is 2.18. The summed E-state index contributed by atoms with van der Waals surface area (Å²) in [5.74, 6) is 0.847. The van der Waals surface area contributed by atoms with Crippen molar-refractivity contribution < 1.29 is 9.84 Å². The first-order valence-electron chi connectivity index (χ1n) is 4.62. The monoisotopic (exact) mass is 192 g/mol. The van der Waals surface area contributed by atoms with Crippen molar-refractivity contribution >= 4 is 0 Å². The van der Waals surface area contributed by atoms with Crippen LogP contribution in [0.3, 0.4) is 0 Å². The maximum atomic E-state index is 9.70. The molecule has 0 spiro atoms. The van der Waals surface area contributed by atoms with E-state index in [2.05, 4.69) is 6.58 Å². The first-order chi connectivity index (χ1) is 6.69. The molecule has 2 nitrogen and oxygen atoms in total. The van der Waals surface area contributed by atoms with Crippen LogP contribution in [0.15, 0.2) is 30.9 Å². The summed E-state index contributed by atoms with van der Waals surface area (Å²) in [7, 11) is 1.64. The van der Waals surface area contributed by atoms with E-state index in [0.717, 1.165) is 16.9 Å². The topological polar surface area (TPSA) is 29.5 Å². The predicted octanol–water partition coefficient (Wildman–Crippen LogP) is 2.61. The molecule has 1 atom stereocenters. The average molecular weight is 192 g/mol. The van der Waals surface area contributed by atoms with Crippen LogP contribution in [0.1, 0.15) is 23.7 Å². The summed E-state index contributed by atoms with van der Waals surface area (Å²) in [5.41, 5.74) is 1.94. The Labute approximate surface area is 84.8 Å². The van der Waals surface area contributed by atoms with Gasteiger partial charge in [0.1, 0.15) is 5.75 Å². The summed E-state index contributed by atoms with van der Waals surface area (Å²) in [6, 6.07) is 5.68. The summed E-state index contributed by atoms with van der Waals surface area (Å²) in [6.07, 6.45) is 1.83. The Hall–Kier alpha value is -1.28. The van der Waals surface area contributed by atoms with Crippen molar-refractivity contribution in [2.45, 2.75) is 19.4 Å². The SMILES string of the molecule is C=CC[C@H](O)c1ccc(OC)c(C)c1. The van der Waals surface area contributed by atoms with E-state index < -0.39 is 6.10 Å². The highest BCUT2D eigenvalue weighted by Gasteiger charge is 2.07. The molecule has 0 heterocycles. The zero-order valence-electron chi connectivity index (χ0n) is 8.66. The number of hydrogen-bond acceptors (Lipinski definition) is 2. The van der Waals surface area contributed by atoms with Gasteiger partial charge in [-0.25, -0.2) is 0 Å². The van der Waals surface area contributed by atoms with Crippen molar-refractivity contribution in [1.29, 1.82) is 0 Å².